The highest BCUT2D eigenvalue weighted by molar-refractivity contribution is 8.16. The van der Waals surface area contributed by atoms with Crippen LogP contribution in [0.3, 0.4) is 0 Å². The molecule has 1 aromatic heterocycles. The number of benzene rings is 1. The number of rotatable bonds is 4. The Hall–Kier alpha value is -1.51. The molecule has 4 heterocycles. The second-order valence-corrected chi connectivity index (χ2v) is 11.3. The molecule has 0 spiro atoms. The van der Waals surface area contributed by atoms with Crippen molar-refractivity contribution in [2.45, 2.75) is 49.8 Å². The van der Waals surface area contributed by atoms with Gasteiger partial charge in [-0.3, -0.25) is 9.69 Å². The normalized spacial score (nSPS) is 21.0. The second-order valence-electron chi connectivity index (χ2n) is 8.61. The Labute approximate surface area is 193 Å². The van der Waals surface area contributed by atoms with E-state index in [0.717, 1.165) is 62.9 Å². The van der Waals surface area contributed by atoms with Crippen molar-refractivity contribution >= 4 is 29.4 Å². The predicted octanol–water partition coefficient (Wildman–Crippen LogP) is 3.83. The number of piperazine rings is 1. The molecule has 0 saturated carbocycles. The van der Waals surface area contributed by atoms with Crippen LogP contribution in [0.5, 0.6) is 0 Å². The molecule has 0 unspecified atom stereocenters. The quantitative estimate of drug-likeness (QED) is 0.696. The van der Waals surface area contributed by atoms with Gasteiger partial charge >= 0.3 is 0 Å². The molecule has 0 bridgehead atoms. The predicted molar refractivity (Wildman–Crippen MR) is 127 cm³/mol. The molecule has 2 fully saturated rings. The van der Waals surface area contributed by atoms with Crippen molar-refractivity contribution < 1.29 is 4.79 Å². The van der Waals surface area contributed by atoms with Gasteiger partial charge in [-0.25, -0.2) is 0 Å². The topological polar surface area (TPSA) is 54.3 Å². The van der Waals surface area contributed by atoms with Crippen LogP contribution in [0.25, 0.3) is 0 Å². The highest BCUT2D eigenvalue weighted by Gasteiger charge is 2.25. The maximum Gasteiger partial charge on any atom is 0.253 e. The van der Waals surface area contributed by atoms with E-state index in [1.54, 1.807) is 0 Å². The van der Waals surface area contributed by atoms with Gasteiger partial charge in [-0.1, -0.05) is 18.6 Å². The molecule has 0 aliphatic carbocycles. The van der Waals surface area contributed by atoms with Crippen molar-refractivity contribution in [1.82, 2.24) is 24.6 Å². The van der Waals surface area contributed by atoms with E-state index in [1.807, 2.05) is 40.6 Å². The van der Waals surface area contributed by atoms with Gasteiger partial charge < -0.3 is 9.47 Å². The fraction of sp³-hybridized carbons (Fsp3) is 0.609. The minimum absolute atomic E-state index is 0.159. The molecule has 6 nitrogen and oxygen atoms in total. The summed E-state index contributed by atoms with van der Waals surface area (Å²) in [6.45, 7) is 5.21. The van der Waals surface area contributed by atoms with E-state index in [-0.39, 0.29) is 5.91 Å². The Bertz CT molecular complexity index is 886. The van der Waals surface area contributed by atoms with Gasteiger partial charge in [0.15, 0.2) is 0 Å². The molecule has 166 valence electrons. The first-order valence-electron chi connectivity index (χ1n) is 11.5. The molecular formula is C23H31N5OS2. The Morgan fingerprint density at radius 2 is 1.68 bits per heavy atom. The van der Waals surface area contributed by atoms with E-state index >= 15 is 0 Å². The lowest BCUT2D eigenvalue weighted by molar-refractivity contribution is 0.0624. The van der Waals surface area contributed by atoms with E-state index < -0.39 is 0 Å². The van der Waals surface area contributed by atoms with Gasteiger partial charge in [0.1, 0.15) is 11.6 Å². The maximum atomic E-state index is 13.0. The maximum absolute atomic E-state index is 13.0. The fourth-order valence-corrected chi connectivity index (χ4v) is 7.51. The number of aryl methyl sites for hydroxylation is 1. The highest BCUT2D eigenvalue weighted by atomic mass is 32.2. The third kappa shape index (κ3) is 4.96. The molecule has 31 heavy (non-hydrogen) atoms. The first-order chi connectivity index (χ1) is 15.3. The van der Waals surface area contributed by atoms with Crippen LogP contribution in [-0.2, 0) is 19.5 Å². The molecule has 0 atom stereocenters. The second kappa shape index (κ2) is 9.96. The number of hydrogen-bond acceptors (Lipinski definition) is 6. The van der Waals surface area contributed by atoms with E-state index in [9.17, 15) is 4.79 Å². The van der Waals surface area contributed by atoms with Gasteiger partial charge in [0.25, 0.3) is 5.91 Å². The summed E-state index contributed by atoms with van der Waals surface area (Å²) in [6, 6.07) is 8.34. The number of aromatic nitrogens is 3. The largest absolute Gasteiger partial charge is 0.336 e. The molecule has 3 aliphatic rings. The average Bonchev–Trinajstić information content (AvgIpc) is 3.05. The molecule has 1 amide bonds. The average molecular weight is 458 g/mol. The highest BCUT2D eigenvalue weighted by Crippen LogP contribution is 2.43. The molecule has 5 rings (SSSR count). The summed E-state index contributed by atoms with van der Waals surface area (Å²) in [5, 5.41) is 8.89. The number of hydrogen-bond donors (Lipinski definition) is 0. The Balaban J connectivity index is 1.15. The molecular weight excluding hydrogens is 426 g/mol. The molecule has 1 aromatic carbocycles. The third-order valence-electron chi connectivity index (χ3n) is 6.47. The number of fused-ring (bicyclic) bond motifs is 1. The summed E-state index contributed by atoms with van der Waals surface area (Å²) >= 11 is 4.04. The minimum Gasteiger partial charge on any atom is -0.336 e. The summed E-state index contributed by atoms with van der Waals surface area (Å²) in [4.78, 5) is 17.4. The van der Waals surface area contributed by atoms with Crippen LogP contribution in [0, 0.1) is 0 Å². The SMILES string of the molecule is O=C(c1ccc(C2SCCCS2)cc1)N1CCN(Cc2nnc3n2CCCCC3)CC1. The van der Waals surface area contributed by atoms with Crippen LogP contribution in [0.4, 0.5) is 0 Å². The zero-order valence-electron chi connectivity index (χ0n) is 18.0. The van der Waals surface area contributed by atoms with Crippen LogP contribution < -0.4 is 0 Å². The van der Waals surface area contributed by atoms with Gasteiger partial charge in [0.2, 0.25) is 0 Å². The monoisotopic (exact) mass is 457 g/mol. The molecule has 2 aromatic rings. The fourth-order valence-electron chi connectivity index (χ4n) is 4.62. The van der Waals surface area contributed by atoms with Gasteiger partial charge in [-0.05, 0) is 48.5 Å². The van der Waals surface area contributed by atoms with Crippen molar-refractivity contribution in [3.05, 3.63) is 47.0 Å². The summed E-state index contributed by atoms with van der Waals surface area (Å²) in [5.74, 6) is 4.87. The summed E-state index contributed by atoms with van der Waals surface area (Å²) < 4.78 is 2.85. The summed E-state index contributed by atoms with van der Waals surface area (Å²) in [7, 11) is 0. The van der Waals surface area contributed by atoms with Crippen molar-refractivity contribution in [3.8, 4) is 0 Å². The third-order valence-corrected chi connectivity index (χ3v) is 9.48. The standard InChI is InChI=1S/C23H31N5OS2/c29-22(18-6-8-19(9-7-18)23-30-15-4-16-31-23)27-13-11-26(12-14-27)17-21-25-24-20-5-2-1-3-10-28(20)21/h6-9,23H,1-5,10-17H2. The van der Waals surface area contributed by atoms with E-state index in [2.05, 4.69) is 31.8 Å². The number of carbonyl (C=O) groups is 1. The number of thioether (sulfide) groups is 2. The Morgan fingerprint density at radius 1 is 0.903 bits per heavy atom. The molecule has 3 aliphatic heterocycles. The van der Waals surface area contributed by atoms with Crippen LogP contribution >= 0.6 is 23.5 Å². The lowest BCUT2D eigenvalue weighted by Crippen LogP contribution is -2.48. The molecule has 0 N–H and O–H groups in total. The van der Waals surface area contributed by atoms with Gasteiger partial charge in [-0.2, -0.15) is 0 Å². The van der Waals surface area contributed by atoms with Crippen molar-refractivity contribution in [1.29, 1.82) is 0 Å². The van der Waals surface area contributed by atoms with Crippen LogP contribution in [0.15, 0.2) is 24.3 Å². The lowest BCUT2D eigenvalue weighted by Gasteiger charge is -2.34. The summed E-state index contributed by atoms with van der Waals surface area (Å²) in [6.07, 6.45) is 6.07. The van der Waals surface area contributed by atoms with Gasteiger partial charge in [0, 0.05) is 44.7 Å². The van der Waals surface area contributed by atoms with Crippen molar-refractivity contribution in [3.63, 3.8) is 0 Å². The number of carbonyl (C=O) groups excluding carboxylic acids is 1. The molecule has 2 saturated heterocycles. The van der Waals surface area contributed by atoms with Crippen molar-refractivity contribution in [2.75, 3.05) is 37.7 Å². The van der Waals surface area contributed by atoms with E-state index in [0.29, 0.717) is 4.58 Å². The zero-order chi connectivity index (χ0) is 21.0. The van der Waals surface area contributed by atoms with Crippen LogP contribution in [0.2, 0.25) is 0 Å². The van der Waals surface area contributed by atoms with E-state index in [1.165, 1.54) is 42.8 Å². The first-order valence-corrected chi connectivity index (χ1v) is 13.6. The Kier molecular flexibility index (Phi) is 6.86. The molecule has 0 radical (unpaired) electrons. The van der Waals surface area contributed by atoms with Gasteiger partial charge in [-0.15, -0.1) is 33.7 Å². The number of nitrogens with zero attached hydrogens (tertiary/aromatic N) is 5. The zero-order valence-corrected chi connectivity index (χ0v) is 19.7. The summed E-state index contributed by atoms with van der Waals surface area (Å²) in [5.41, 5.74) is 2.15. The molecule has 8 heteroatoms. The number of amides is 1. The van der Waals surface area contributed by atoms with E-state index in [4.69, 9.17) is 0 Å². The smallest absolute Gasteiger partial charge is 0.253 e. The Morgan fingerprint density at radius 3 is 2.45 bits per heavy atom. The lowest BCUT2D eigenvalue weighted by atomic mass is 10.1. The van der Waals surface area contributed by atoms with Crippen molar-refractivity contribution in [2.24, 2.45) is 0 Å². The van der Waals surface area contributed by atoms with Crippen LogP contribution in [0.1, 0.15) is 57.8 Å². The first kappa shape index (κ1) is 21.3. The minimum atomic E-state index is 0.159. The van der Waals surface area contributed by atoms with Crippen LogP contribution in [-0.4, -0.2) is 68.2 Å². The van der Waals surface area contributed by atoms with Gasteiger partial charge in [0.05, 0.1) is 11.1 Å².